The van der Waals surface area contributed by atoms with Gasteiger partial charge in [-0.15, -0.1) is 21.5 Å². The molecule has 0 aliphatic rings. The number of carbonyl (C=O) groups is 2. The molecule has 2 aromatic carbocycles. The lowest BCUT2D eigenvalue weighted by Crippen LogP contribution is -2.45. The Labute approximate surface area is 228 Å². The largest absolute Gasteiger partial charge is 0.497 e. The molecule has 0 saturated heterocycles. The van der Waals surface area contributed by atoms with Gasteiger partial charge in [-0.2, -0.15) is 4.80 Å². The zero-order valence-electron chi connectivity index (χ0n) is 21.4. The zero-order valence-corrected chi connectivity index (χ0v) is 22.2. The molecule has 2 amide bonds. The monoisotopic (exact) mass is 542 g/mol. The molecule has 0 radical (unpaired) electrons. The van der Waals surface area contributed by atoms with Gasteiger partial charge in [0.1, 0.15) is 24.1 Å². The highest BCUT2D eigenvalue weighted by Gasteiger charge is 2.34. The maximum atomic E-state index is 13.9. The number of thiophene rings is 1. The van der Waals surface area contributed by atoms with Gasteiger partial charge in [0.2, 0.25) is 11.7 Å². The summed E-state index contributed by atoms with van der Waals surface area (Å²) in [6, 6.07) is 22.9. The van der Waals surface area contributed by atoms with Crippen molar-refractivity contribution in [1.82, 2.24) is 25.5 Å². The topological polar surface area (TPSA) is 115 Å². The molecule has 0 spiro atoms. The second-order valence-electron chi connectivity index (χ2n) is 8.64. The molecule has 39 heavy (non-hydrogen) atoms. The Kier molecular flexibility index (Phi) is 7.78. The smallest absolute Gasteiger partial charge is 0.251 e. The standard InChI is InChI=1S/C28H26N6O4S/c1-19-10-15-23(38-19)27-30-32-33(31-27)18-25(35)34(21-11-13-22(37-2)14-12-21)26(24-9-6-16-39-24)28(36)29-17-20-7-4-3-5-8-20/h3-16,26H,17-18H2,1-2H3,(H,29,36)/t26-/m1/s1. The minimum Gasteiger partial charge on any atom is -0.497 e. The van der Waals surface area contributed by atoms with Crippen LogP contribution in [0.5, 0.6) is 5.75 Å². The van der Waals surface area contributed by atoms with Crippen molar-refractivity contribution in [2.24, 2.45) is 0 Å². The minimum absolute atomic E-state index is 0.243. The molecule has 1 atom stereocenters. The van der Waals surface area contributed by atoms with E-state index >= 15 is 0 Å². The summed E-state index contributed by atoms with van der Waals surface area (Å²) in [7, 11) is 1.57. The molecule has 10 nitrogen and oxygen atoms in total. The highest BCUT2D eigenvalue weighted by Crippen LogP contribution is 2.32. The van der Waals surface area contributed by atoms with E-state index in [2.05, 4.69) is 20.7 Å². The van der Waals surface area contributed by atoms with Crippen molar-refractivity contribution in [2.75, 3.05) is 12.0 Å². The Morgan fingerprint density at radius 2 is 1.85 bits per heavy atom. The molecule has 3 heterocycles. The van der Waals surface area contributed by atoms with Gasteiger partial charge in [0.25, 0.3) is 5.91 Å². The highest BCUT2D eigenvalue weighted by atomic mass is 32.1. The van der Waals surface area contributed by atoms with Crippen LogP contribution in [0.3, 0.4) is 0 Å². The Morgan fingerprint density at radius 1 is 1.05 bits per heavy atom. The lowest BCUT2D eigenvalue weighted by molar-refractivity contribution is -0.127. The first kappa shape index (κ1) is 25.9. The molecule has 0 aliphatic heterocycles. The third kappa shape index (κ3) is 6.04. The number of carbonyl (C=O) groups excluding carboxylic acids is 2. The van der Waals surface area contributed by atoms with E-state index in [1.165, 1.54) is 21.0 Å². The molecule has 1 N–H and O–H groups in total. The number of hydrogen-bond donors (Lipinski definition) is 1. The van der Waals surface area contributed by atoms with E-state index in [0.717, 1.165) is 5.56 Å². The predicted molar refractivity (Wildman–Crippen MR) is 146 cm³/mol. The number of methoxy groups -OCH3 is 1. The van der Waals surface area contributed by atoms with Crippen molar-refractivity contribution < 1.29 is 18.7 Å². The predicted octanol–water partition coefficient (Wildman–Crippen LogP) is 4.40. The van der Waals surface area contributed by atoms with E-state index in [-0.39, 0.29) is 18.3 Å². The first-order valence-corrected chi connectivity index (χ1v) is 13.1. The zero-order chi connectivity index (χ0) is 27.2. The number of benzene rings is 2. The number of tetrazole rings is 1. The first-order valence-electron chi connectivity index (χ1n) is 12.2. The van der Waals surface area contributed by atoms with Crippen LogP contribution < -0.4 is 15.0 Å². The van der Waals surface area contributed by atoms with Crippen LogP contribution >= 0.6 is 11.3 Å². The second-order valence-corrected chi connectivity index (χ2v) is 9.62. The van der Waals surface area contributed by atoms with Gasteiger partial charge < -0.3 is 14.5 Å². The molecule has 0 saturated carbocycles. The number of nitrogens with zero attached hydrogens (tertiary/aromatic N) is 5. The Morgan fingerprint density at radius 3 is 2.51 bits per heavy atom. The van der Waals surface area contributed by atoms with E-state index in [4.69, 9.17) is 9.15 Å². The van der Waals surface area contributed by atoms with Gasteiger partial charge >= 0.3 is 0 Å². The molecule has 0 fully saturated rings. The van der Waals surface area contributed by atoms with Gasteiger partial charge in [-0.25, -0.2) is 0 Å². The number of nitrogens with one attached hydrogen (secondary N) is 1. The molecule has 198 valence electrons. The van der Waals surface area contributed by atoms with Crippen molar-refractivity contribution in [3.63, 3.8) is 0 Å². The van der Waals surface area contributed by atoms with Crippen LogP contribution in [0, 0.1) is 6.92 Å². The lowest BCUT2D eigenvalue weighted by atomic mass is 10.1. The normalized spacial score (nSPS) is 11.6. The van der Waals surface area contributed by atoms with Crippen LogP contribution in [-0.2, 0) is 22.7 Å². The summed E-state index contributed by atoms with van der Waals surface area (Å²) in [4.78, 5) is 31.0. The summed E-state index contributed by atoms with van der Waals surface area (Å²) in [5.41, 5.74) is 1.47. The highest BCUT2D eigenvalue weighted by molar-refractivity contribution is 7.10. The summed E-state index contributed by atoms with van der Waals surface area (Å²) < 4.78 is 10.9. The van der Waals surface area contributed by atoms with Crippen LogP contribution in [0.1, 0.15) is 22.2 Å². The number of anilines is 1. The Bertz CT molecular complexity index is 1530. The number of hydrogen-bond acceptors (Lipinski definition) is 8. The number of rotatable bonds is 10. The maximum absolute atomic E-state index is 13.9. The summed E-state index contributed by atoms with van der Waals surface area (Å²) in [5.74, 6) is 1.35. The van der Waals surface area contributed by atoms with Crippen LogP contribution in [-0.4, -0.2) is 39.1 Å². The number of amides is 2. The maximum Gasteiger partial charge on any atom is 0.251 e. The first-order chi connectivity index (χ1) is 19.0. The third-order valence-corrected chi connectivity index (χ3v) is 6.86. The summed E-state index contributed by atoms with van der Waals surface area (Å²) in [5, 5.41) is 17.2. The van der Waals surface area contributed by atoms with Crippen molar-refractivity contribution in [1.29, 1.82) is 0 Å². The molecule has 5 rings (SSSR count). The van der Waals surface area contributed by atoms with Crippen LogP contribution in [0.4, 0.5) is 5.69 Å². The fourth-order valence-electron chi connectivity index (χ4n) is 4.04. The van der Waals surface area contributed by atoms with Crippen LogP contribution in [0.2, 0.25) is 0 Å². The van der Waals surface area contributed by atoms with E-state index in [1.807, 2.05) is 54.8 Å². The van der Waals surface area contributed by atoms with Gasteiger partial charge in [-0.3, -0.25) is 14.5 Å². The fourth-order valence-corrected chi connectivity index (χ4v) is 4.86. The lowest BCUT2D eigenvalue weighted by Gasteiger charge is -2.30. The van der Waals surface area contributed by atoms with Gasteiger partial charge in [-0.1, -0.05) is 36.4 Å². The van der Waals surface area contributed by atoms with Gasteiger partial charge in [0, 0.05) is 17.1 Å². The fraction of sp³-hybridized carbons (Fsp3) is 0.179. The van der Waals surface area contributed by atoms with Crippen molar-refractivity contribution in [3.8, 4) is 17.3 Å². The van der Waals surface area contributed by atoms with Crippen molar-refractivity contribution in [2.45, 2.75) is 26.1 Å². The quantitative estimate of drug-likeness (QED) is 0.278. The second kappa shape index (κ2) is 11.7. The minimum atomic E-state index is -0.926. The summed E-state index contributed by atoms with van der Waals surface area (Å²) in [6.45, 7) is 1.90. The average molecular weight is 543 g/mol. The SMILES string of the molecule is COc1ccc(N(C(=O)Cn2nnc(-c3ccc(C)o3)n2)[C@@H](C(=O)NCc2ccccc2)c2cccs2)cc1. The Hall–Kier alpha value is -4.77. The number of aryl methyl sites for hydroxylation is 1. The van der Waals surface area contributed by atoms with E-state index in [1.54, 1.807) is 43.5 Å². The number of ether oxygens (including phenoxy) is 1. The number of aromatic nitrogens is 4. The van der Waals surface area contributed by atoms with Crippen molar-refractivity contribution >= 4 is 28.8 Å². The van der Waals surface area contributed by atoms with E-state index in [0.29, 0.717) is 34.4 Å². The van der Waals surface area contributed by atoms with E-state index in [9.17, 15) is 9.59 Å². The molecule has 5 aromatic rings. The van der Waals surface area contributed by atoms with Gasteiger partial charge in [0.15, 0.2) is 5.76 Å². The van der Waals surface area contributed by atoms with Crippen molar-refractivity contribution in [3.05, 3.63) is 100 Å². The molecular formula is C28H26N6O4S. The molecule has 11 heteroatoms. The number of furan rings is 1. The van der Waals surface area contributed by atoms with Gasteiger partial charge in [-0.05, 0) is 65.5 Å². The molecular weight excluding hydrogens is 516 g/mol. The third-order valence-electron chi connectivity index (χ3n) is 5.94. The summed E-state index contributed by atoms with van der Waals surface area (Å²) >= 11 is 1.40. The van der Waals surface area contributed by atoms with E-state index < -0.39 is 11.9 Å². The molecule has 3 aromatic heterocycles. The average Bonchev–Trinajstić information content (AvgIpc) is 3.74. The summed E-state index contributed by atoms with van der Waals surface area (Å²) in [6.07, 6.45) is 0. The van der Waals surface area contributed by atoms with Gasteiger partial charge in [0.05, 0.1) is 7.11 Å². The molecule has 0 bridgehead atoms. The van der Waals surface area contributed by atoms with Crippen LogP contribution in [0.15, 0.2) is 88.7 Å². The van der Waals surface area contributed by atoms with Crippen LogP contribution in [0.25, 0.3) is 11.6 Å². The molecule has 0 unspecified atom stereocenters. The molecule has 0 aliphatic carbocycles. The Balaban J connectivity index is 1.46.